The van der Waals surface area contributed by atoms with Crippen LogP contribution in [0.3, 0.4) is 0 Å². The third-order valence-corrected chi connectivity index (χ3v) is 3.40. The molecule has 0 amide bonds. The fraction of sp³-hybridized carbons (Fsp3) is 0. The second-order valence-corrected chi connectivity index (χ2v) is 4.85. The molecule has 1 aromatic carbocycles. The molecule has 0 spiro atoms. The van der Waals surface area contributed by atoms with E-state index in [2.05, 4.69) is 14.9 Å². The van der Waals surface area contributed by atoms with Gasteiger partial charge in [0.05, 0.1) is 17.7 Å². The molecule has 0 aliphatic carbocycles. The molecule has 0 saturated carbocycles. The van der Waals surface area contributed by atoms with Crippen LogP contribution >= 0.6 is 0 Å². The molecular formula is C16H10N4O4. The fourth-order valence-corrected chi connectivity index (χ4v) is 2.20. The number of benzene rings is 1. The SMILES string of the molecule is [C-]#[N+]c1ccc(-c2c[nH]n(-c3ccc(C(=O)O)cn3)c2=O)c(O)c1. The minimum absolute atomic E-state index is 0.00551. The number of aromatic nitrogens is 3. The minimum atomic E-state index is -1.11. The van der Waals surface area contributed by atoms with Gasteiger partial charge in [-0.05, 0) is 18.2 Å². The van der Waals surface area contributed by atoms with Crippen LogP contribution in [-0.4, -0.2) is 30.9 Å². The zero-order valence-corrected chi connectivity index (χ0v) is 12.1. The van der Waals surface area contributed by atoms with Crippen LogP contribution in [-0.2, 0) is 0 Å². The van der Waals surface area contributed by atoms with Gasteiger partial charge in [0.2, 0.25) is 0 Å². The third-order valence-electron chi connectivity index (χ3n) is 3.40. The lowest BCUT2D eigenvalue weighted by molar-refractivity contribution is 0.0696. The summed E-state index contributed by atoms with van der Waals surface area (Å²) >= 11 is 0. The Bertz CT molecular complexity index is 1030. The Balaban J connectivity index is 2.05. The summed E-state index contributed by atoms with van der Waals surface area (Å²) in [5, 5.41) is 21.6. The summed E-state index contributed by atoms with van der Waals surface area (Å²) in [4.78, 5) is 30.5. The predicted molar refractivity (Wildman–Crippen MR) is 84.5 cm³/mol. The molecule has 0 aliphatic heterocycles. The van der Waals surface area contributed by atoms with Gasteiger partial charge >= 0.3 is 5.97 Å². The first kappa shape index (κ1) is 15.1. The lowest BCUT2D eigenvalue weighted by Crippen LogP contribution is -2.17. The Labute approximate surface area is 135 Å². The molecule has 0 bridgehead atoms. The van der Waals surface area contributed by atoms with Crippen LogP contribution in [0.5, 0.6) is 5.75 Å². The number of pyridine rings is 1. The Morgan fingerprint density at radius 1 is 1.25 bits per heavy atom. The number of H-pyrrole nitrogens is 1. The van der Waals surface area contributed by atoms with Gasteiger partial charge in [-0.2, -0.15) is 0 Å². The largest absolute Gasteiger partial charge is 0.509 e. The van der Waals surface area contributed by atoms with Gasteiger partial charge in [0.15, 0.2) is 11.5 Å². The number of carboxylic acids is 1. The third kappa shape index (κ3) is 2.50. The normalized spacial score (nSPS) is 10.3. The zero-order chi connectivity index (χ0) is 17.3. The quantitative estimate of drug-likeness (QED) is 0.640. The fourth-order valence-electron chi connectivity index (χ4n) is 2.20. The van der Waals surface area contributed by atoms with E-state index in [-0.39, 0.29) is 33.9 Å². The van der Waals surface area contributed by atoms with Crippen LogP contribution in [0.15, 0.2) is 47.5 Å². The molecule has 0 aliphatic rings. The van der Waals surface area contributed by atoms with E-state index in [1.807, 2.05) is 0 Å². The summed E-state index contributed by atoms with van der Waals surface area (Å²) < 4.78 is 1.13. The van der Waals surface area contributed by atoms with Crippen LogP contribution < -0.4 is 5.56 Å². The number of aromatic carboxylic acids is 1. The molecule has 0 fully saturated rings. The van der Waals surface area contributed by atoms with Crippen molar-refractivity contribution in [1.29, 1.82) is 0 Å². The van der Waals surface area contributed by atoms with E-state index in [0.717, 1.165) is 10.9 Å². The maximum absolute atomic E-state index is 12.5. The number of aromatic amines is 1. The van der Waals surface area contributed by atoms with Crippen molar-refractivity contribution in [1.82, 2.24) is 14.8 Å². The molecule has 118 valence electrons. The van der Waals surface area contributed by atoms with E-state index in [9.17, 15) is 14.7 Å². The minimum Gasteiger partial charge on any atom is -0.509 e. The van der Waals surface area contributed by atoms with Crippen molar-refractivity contribution in [3.63, 3.8) is 0 Å². The van der Waals surface area contributed by atoms with Crippen molar-refractivity contribution in [3.05, 3.63) is 70.1 Å². The lowest BCUT2D eigenvalue weighted by atomic mass is 10.1. The molecule has 0 radical (unpaired) electrons. The summed E-state index contributed by atoms with van der Waals surface area (Å²) in [5.41, 5.74) is 0.290. The van der Waals surface area contributed by atoms with Gasteiger partial charge in [0.25, 0.3) is 5.56 Å². The molecule has 3 rings (SSSR count). The molecule has 2 heterocycles. The van der Waals surface area contributed by atoms with Gasteiger partial charge in [0, 0.05) is 18.0 Å². The first-order valence-corrected chi connectivity index (χ1v) is 6.72. The first-order chi connectivity index (χ1) is 11.5. The van der Waals surface area contributed by atoms with Crippen molar-refractivity contribution < 1.29 is 15.0 Å². The number of hydrogen-bond acceptors (Lipinski definition) is 4. The summed E-state index contributed by atoms with van der Waals surface area (Å²) in [6.07, 6.45) is 2.55. The average molecular weight is 322 g/mol. The van der Waals surface area contributed by atoms with E-state index in [0.29, 0.717) is 0 Å². The number of rotatable bonds is 3. The van der Waals surface area contributed by atoms with E-state index in [1.165, 1.54) is 36.5 Å². The number of aromatic hydroxyl groups is 1. The van der Waals surface area contributed by atoms with Crippen LogP contribution in [0.4, 0.5) is 5.69 Å². The molecule has 3 N–H and O–H groups in total. The van der Waals surface area contributed by atoms with Crippen LogP contribution in [0.2, 0.25) is 0 Å². The average Bonchev–Trinajstić information content (AvgIpc) is 2.96. The van der Waals surface area contributed by atoms with Crippen molar-refractivity contribution in [2.24, 2.45) is 0 Å². The Morgan fingerprint density at radius 2 is 2.04 bits per heavy atom. The maximum Gasteiger partial charge on any atom is 0.337 e. The lowest BCUT2D eigenvalue weighted by Gasteiger charge is -2.02. The molecular weight excluding hydrogens is 312 g/mol. The van der Waals surface area contributed by atoms with Crippen LogP contribution in [0, 0.1) is 6.57 Å². The van der Waals surface area contributed by atoms with E-state index >= 15 is 0 Å². The first-order valence-electron chi connectivity index (χ1n) is 6.72. The van der Waals surface area contributed by atoms with Crippen molar-refractivity contribution in [3.8, 4) is 22.7 Å². The molecule has 2 aromatic heterocycles. The van der Waals surface area contributed by atoms with Gasteiger partial charge in [-0.3, -0.25) is 9.89 Å². The van der Waals surface area contributed by atoms with Gasteiger partial charge in [-0.15, -0.1) is 0 Å². The predicted octanol–water partition coefficient (Wildman–Crippen LogP) is 2.18. The number of carbonyl (C=O) groups is 1. The molecule has 0 unspecified atom stereocenters. The monoisotopic (exact) mass is 322 g/mol. The van der Waals surface area contributed by atoms with Gasteiger partial charge in [-0.1, -0.05) is 12.1 Å². The highest BCUT2D eigenvalue weighted by Crippen LogP contribution is 2.30. The highest BCUT2D eigenvalue weighted by atomic mass is 16.4. The number of phenolic OH excluding ortho intramolecular Hbond substituents is 1. The second-order valence-electron chi connectivity index (χ2n) is 4.85. The van der Waals surface area contributed by atoms with Gasteiger partial charge in [-0.25, -0.2) is 19.3 Å². The Morgan fingerprint density at radius 3 is 2.62 bits per heavy atom. The highest BCUT2D eigenvalue weighted by Gasteiger charge is 2.14. The Hall–Kier alpha value is -3.86. The zero-order valence-electron chi connectivity index (χ0n) is 12.1. The molecule has 8 heteroatoms. The van der Waals surface area contributed by atoms with Crippen LogP contribution in [0.1, 0.15) is 10.4 Å². The summed E-state index contributed by atoms with van der Waals surface area (Å²) in [6, 6.07) is 6.99. The molecule has 3 aromatic rings. The molecule has 24 heavy (non-hydrogen) atoms. The summed E-state index contributed by atoms with van der Waals surface area (Å²) in [5.74, 6) is -1.08. The molecule has 0 saturated heterocycles. The van der Waals surface area contributed by atoms with E-state index in [1.54, 1.807) is 0 Å². The molecule has 0 atom stereocenters. The number of carboxylic acid groups (broad SMARTS) is 1. The van der Waals surface area contributed by atoms with E-state index < -0.39 is 11.5 Å². The van der Waals surface area contributed by atoms with Gasteiger partial charge in [0.1, 0.15) is 5.75 Å². The smallest absolute Gasteiger partial charge is 0.337 e. The van der Waals surface area contributed by atoms with E-state index in [4.69, 9.17) is 11.7 Å². The Kier molecular flexibility index (Phi) is 3.60. The van der Waals surface area contributed by atoms with Gasteiger partial charge < -0.3 is 10.2 Å². The van der Waals surface area contributed by atoms with Crippen molar-refractivity contribution in [2.45, 2.75) is 0 Å². The number of nitrogens with zero attached hydrogens (tertiary/aromatic N) is 3. The van der Waals surface area contributed by atoms with Crippen molar-refractivity contribution >= 4 is 11.7 Å². The number of nitrogens with one attached hydrogen (secondary N) is 1. The highest BCUT2D eigenvalue weighted by molar-refractivity contribution is 5.87. The number of hydrogen-bond donors (Lipinski definition) is 3. The topological polar surface area (TPSA) is 113 Å². The number of phenols is 1. The summed E-state index contributed by atoms with van der Waals surface area (Å²) in [6.45, 7) is 6.91. The molecule has 8 nitrogen and oxygen atoms in total. The second kappa shape index (κ2) is 5.73. The standard InChI is InChI=1S/C16H10N4O4/c1-17-10-3-4-11(13(21)6-10)12-8-19-20(15(12)22)14-5-2-9(7-18-14)16(23)24/h2-8,19,21H,(H,23,24). The van der Waals surface area contributed by atoms with Crippen LogP contribution in [0.25, 0.3) is 21.8 Å². The van der Waals surface area contributed by atoms with Crippen molar-refractivity contribution in [2.75, 3.05) is 0 Å². The summed E-state index contributed by atoms with van der Waals surface area (Å²) in [7, 11) is 0. The maximum atomic E-state index is 12.5.